The molecule has 10 heteroatoms. The van der Waals surface area contributed by atoms with Crippen LogP contribution in [0.1, 0.15) is 9.75 Å². The van der Waals surface area contributed by atoms with Gasteiger partial charge in [-0.3, -0.25) is 0 Å². The van der Waals surface area contributed by atoms with Crippen molar-refractivity contribution >= 4 is 90.6 Å². The third kappa shape index (κ3) is 9.24. The topological polar surface area (TPSA) is 102 Å². The lowest BCUT2D eigenvalue weighted by molar-refractivity contribution is 1.28. The Labute approximate surface area is 422 Å². The van der Waals surface area contributed by atoms with Gasteiger partial charge in [0, 0.05) is 84.3 Å². The highest BCUT2D eigenvalue weighted by atomic mass is 32.1. The van der Waals surface area contributed by atoms with E-state index in [0.717, 1.165) is 74.5 Å². The third-order valence-corrected chi connectivity index (χ3v) is 16.3. The van der Waals surface area contributed by atoms with E-state index in [1.165, 1.54) is 22.7 Å². The molecule has 0 aliphatic heterocycles. The van der Waals surface area contributed by atoms with E-state index in [1.807, 2.05) is 97.1 Å². The van der Waals surface area contributed by atoms with Crippen molar-refractivity contribution < 1.29 is 0 Å². The van der Waals surface area contributed by atoms with E-state index in [1.54, 1.807) is 22.7 Å². The minimum atomic E-state index is -0.173. The molecule has 10 rings (SSSR count). The van der Waals surface area contributed by atoms with Gasteiger partial charge in [0.05, 0.1) is 0 Å². The lowest BCUT2D eigenvalue weighted by Gasteiger charge is -2.25. The van der Waals surface area contributed by atoms with Crippen LogP contribution < -0.4 is 9.80 Å². The molecule has 0 spiro atoms. The first kappa shape index (κ1) is 45.0. The number of thiophene rings is 4. The fraction of sp³-hybridized carbons (Fsp3) is 0. The fourth-order valence-electron chi connectivity index (χ4n) is 8.23. The van der Waals surface area contributed by atoms with Gasteiger partial charge in [0.15, 0.2) is 0 Å². The van der Waals surface area contributed by atoms with Crippen molar-refractivity contribution in [2.24, 2.45) is 0 Å². The molecule has 4 heterocycles. The van der Waals surface area contributed by atoms with Gasteiger partial charge in [0.25, 0.3) is 0 Å². The summed E-state index contributed by atoms with van der Waals surface area (Å²) < 4.78 is 0. The molecule has 0 aliphatic carbocycles. The maximum Gasteiger partial charge on any atom is 0.139 e. The zero-order chi connectivity index (χ0) is 47.8. The molecule has 0 unspecified atom stereocenters. The van der Waals surface area contributed by atoms with Crippen molar-refractivity contribution in [1.82, 2.24) is 0 Å². The van der Waals surface area contributed by atoms with Crippen molar-refractivity contribution in [2.45, 2.75) is 0 Å². The van der Waals surface area contributed by atoms with Crippen molar-refractivity contribution in [3.8, 4) is 64.7 Å². The van der Waals surface area contributed by atoms with Crippen molar-refractivity contribution in [1.29, 1.82) is 21.0 Å². The van der Waals surface area contributed by atoms with Gasteiger partial charge in [-0.25, -0.2) is 0 Å². The number of nitriles is 4. The Bertz CT molecular complexity index is 3330. The highest BCUT2D eigenvalue weighted by molar-refractivity contribution is 7.25. The molecule has 330 valence electrons. The first-order chi connectivity index (χ1) is 34.5. The maximum absolute atomic E-state index is 10.4. The summed E-state index contributed by atoms with van der Waals surface area (Å²) in [4.78, 5) is 11.7. The van der Waals surface area contributed by atoms with Crippen LogP contribution in [0, 0.1) is 45.3 Å². The summed E-state index contributed by atoms with van der Waals surface area (Å²) >= 11 is 6.14. The minimum Gasteiger partial charge on any atom is -0.311 e. The van der Waals surface area contributed by atoms with Crippen molar-refractivity contribution in [2.75, 3.05) is 9.80 Å². The highest BCUT2D eigenvalue weighted by Gasteiger charge is 2.25. The lowest BCUT2D eigenvalue weighted by atomic mass is 9.94. The predicted octanol–water partition coefficient (Wildman–Crippen LogP) is 17.8. The number of benzene rings is 6. The minimum absolute atomic E-state index is 0.173. The number of para-hydroxylation sites is 4. The predicted molar refractivity (Wildman–Crippen MR) is 292 cm³/mol. The summed E-state index contributed by atoms with van der Waals surface area (Å²) in [5, 5.41) is 41.4. The fourth-order valence-corrected chi connectivity index (χ4v) is 12.6. The molecule has 0 fully saturated rings. The normalized spacial score (nSPS) is 10.5. The maximum atomic E-state index is 10.4. The summed E-state index contributed by atoms with van der Waals surface area (Å²) in [6.45, 7) is 0. The van der Waals surface area contributed by atoms with Crippen LogP contribution >= 0.6 is 45.3 Å². The highest BCUT2D eigenvalue weighted by Crippen LogP contribution is 2.48. The smallest absolute Gasteiger partial charge is 0.139 e. The van der Waals surface area contributed by atoms with E-state index < -0.39 is 0 Å². The summed E-state index contributed by atoms with van der Waals surface area (Å²) in [6.07, 6.45) is 0. The monoisotopic (exact) mass is 968 g/mol. The zero-order valence-corrected chi connectivity index (χ0v) is 40.4. The third-order valence-electron chi connectivity index (χ3n) is 11.5. The van der Waals surface area contributed by atoms with E-state index in [-0.39, 0.29) is 22.3 Å². The molecule has 6 nitrogen and oxygen atoms in total. The zero-order valence-electron chi connectivity index (χ0n) is 37.1. The second-order valence-electron chi connectivity index (χ2n) is 15.7. The first-order valence-electron chi connectivity index (χ1n) is 22.0. The van der Waals surface area contributed by atoms with E-state index in [0.29, 0.717) is 9.75 Å². The molecule has 6 aromatic carbocycles. The lowest BCUT2D eigenvalue weighted by Crippen LogP contribution is -2.09. The molecule has 70 heavy (non-hydrogen) atoms. The van der Waals surface area contributed by atoms with Gasteiger partial charge in [0.2, 0.25) is 0 Å². The van der Waals surface area contributed by atoms with Gasteiger partial charge >= 0.3 is 0 Å². The van der Waals surface area contributed by atoms with E-state index in [4.69, 9.17) is 0 Å². The molecule has 0 aliphatic rings. The van der Waals surface area contributed by atoms with Crippen LogP contribution in [-0.2, 0) is 0 Å². The molecule has 4 aromatic heterocycles. The number of anilines is 6. The summed E-state index contributed by atoms with van der Waals surface area (Å²) in [6, 6.07) is 82.6. The van der Waals surface area contributed by atoms with Crippen LogP contribution in [0.2, 0.25) is 0 Å². The Balaban J connectivity index is 0.919. The average Bonchev–Trinajstić information content (AvgIpc) is 4.28. The molecular weight excluding hydrogens is 933 g/mol. The van der Waals surface area contributed by atoms with Crippen molar-refractivity contribution in [3.63, 3.8) is 0 Å². The van der Waals surface area contributed by atoms with E-state index in [9.17, 15) is 21.0 Å². The standard InChI is InChI=1S/C60H36N6S4/c61-37-43(38-62)59(57-35-33-55(69-57)53-31-29-51(67-53)41-21-25-49(26-22-41)65(45-13-5-1-6-14-45)46-15-7-2-8-16-46)60(44(39-63)40-64)58-36-34-56(70-58)54-32-30-52(68-54)42-23-27-50(28-24-42)66(47-17-9-3-10-18-47)48-19-11-4-12-20-48/h1-36H. The van der Waals surface area contributed by atoms with Gasteiger partial charge in [-0.2, -0.15) is 21.0 Å². The van der Waals surface area contributed by atoms with Crippen LogP contribution in [0.3, 0.4) is 0 Å². The molecule has 0 radical (unpaired) electrons. The summed E-state index contributed by atoms with van der Waals surface area (Å²) in [7, 11) is 0. The van der Waals surface area contributed by atoms with Crippen LogP contribution in [-0.4, -0.2) is 0 Å². The van der Waals surface area contributed by atoms with Gasteiger partial charge < -0.3 is 9.80 Å². The quantitative estimate of drug-likeness (QED) is 0.0842. The first-order valence-corrected chi connectivity index (χ1v) is 25.3. The summed E-state index contributed by atoms with van der Waals surface area (Å²) in [5.74, 6) is 0. The van der Waals surface area contributed by atoms with Gasteiger partial charge in [-0.1, -0.05) is 97.1 Å². The number of hydrogen-bond acceptors (Lipinski definition) is 10. The van der Waals surface area contributed by atoms with Gasteiger partial charge in [-0.05, 0) is 132 Å². The Morgan fingerprint density at radius 3 is 0.829 bits per heavy atom. The number of hydrogen-bond donors (Lipinski definition) is 0. The van der Waals surface area contributed by atoms with Gasteiger partial charge in [0.1, 0.15) is 35.4 Å². The molecule has 0 bridgehead atoms. The second kappa shape index (κ2) is 20.6. The SMILES string of the molecule is N#CC(C#N)=C(C(=C(C#N)C#N)c1ccc(-c2ccc(-c3ccc(N(c4ccccc4)c4ccccc4)cc3)s2)s1)c1ccc(-c2ccc(-c3ccc(N(c4ccccc4)c4ccccc4)cc3)s2)s1. The van der Waals surface area contributed by atoms with Crippen molar-refractivity contribution in [3.05, 3.63) is 239 Å². The summed E-state index contributed by atoms with van der Waals surface area (Å²) in [5.41, 5.74) is 8.70. The molecule has 0 amide bonds. The van der Waals surface area contributed by atoms with E-state index in [2.05, 4.69) is 155 Å². The van der Waals surface area contributed by atoms with Crippen LogP contribution in [0.25, 0.3) is 51.5 Å². The molecule has 0 atom stereocenters. The number of allylic oxidation sites excluding steroid dienone is 4. The number of nitrogens with zero attached hydrogens (tertiary/aromatic N) is 6. The van der Waals surface area contributed by atoms with Crippen LogP contribution in [0.5, 0.6) is 0 Å². The van der Waals surface area contributed by atoms with Crippen LogP contribution in [0.4, 0.5) is 34.1 Å². The molecule has 0 N–H and O–H groups in total. The molecule has 0 saturated heterocycles. The average molecular weight is 969 g/mol. The Morgan fingerprint density at radius 2 is 0.529 bits per heavy atom. The number of rotatable bonds is 13. The Morgan fingerprint density at radius 1 is 0.271 bits per heavy atom. The molecule has 10 aromatic rings. The largest absolute Gasteiger partial charge is 0.311 e. The Hall–Kier alpha value is -8.84. The second-order valence-corrected chi connectivity index (χ2v) is 20.0. The van der Waals surface area contributed by atoms with Crippen LogP contribution in [0.15, 0.2) is 230 Å². The van der Waals surface area contributed by atoms with E-state index >= 15 is 0 Å². The Kier molecular flexibility index (Phi) is 13.2. The molecule has 0 saturated carbocycles. The van der Waals surface area contributed by atoms with Gasteiger partial charge in [-0.15, -0.1) is 45.3 Å². The molecular formula is C60H36N6S4.